The molecule has 3 rings (SSSR count). The van der Waals surface area contributed by atoms with Gasteiger partial charge in [-0.15, -0.1) is 0 Å². The third-order valence-corrected chi connectivity index (χ3v) is 3.06. The Morgan fingerprint density at radius 2 is 1.70 bits per heavy atom. The minimum Gasteiger partial charge on any atom is -0.408 e. The molecule has 0 spiro atoms. The molecule has 1 aromatic heterocycles. The lowest BCUT2D eigenvalue weighted by Crippen LogP contribution is -2.14. The van der Waals surface area contributed by atoms with Gasteiger partial charge in [-0.25, -0.2) is 9.18 Å². The first-order valence-electron chi connectivity index (χ1n) is 6.23. The minimum atomic E-state index is -0.493. The minimum absolute atomic E-state index is 0.155. The molecule has 0 amide bonds. The van der Waals surface area contributed by atoms with E-state index in [0.717, 1.165) is 5.56 Å². The molecule has 3 nitrogen and oxygen atoms in total. The second-order valence-corrected chi connectivity index (χ2v) is 4.45. The van der Waals surface area contributed by atoms with E-state index >= 15 is 0 Å². The van der Waals surface area contributed by atoms with Crippen LogP contribution in [0.3, 0.4) is 0 Å². The Morgan fingerprint density at radius 1 is 1.00 bits per heavy atom. The fraction of sp³-hybridized carbons (Fsp3) is 0.0625. The van der Waals surface area contributed by atoms with Crippen LogP contribution in [0.5, 0.6) is 0 Å². The molecular formula is C16H12FNO2. The van der Waals surface area contributed by atoms with Gasteiger partial charge in [-0.05, 0) is 6.07 Å². The largest absolute Gasteiger partial charge is 0.419 e. The Labute approximate surface area is 114 Å². The quantitative estimate of drug-likeness (QED) is 0.731. The van der Waals surface area contributed by atoms with Gasteiger partial charge in [0.15, 0.2) is 5.76 Å². The summed E-state index contributed by atoms with van der Waals surface area (Å²) in [7, 11) is 0. The van der Waals surface area contributed by atoms with Gasteiger partial charge >= 0.3 is 5.76 Å². The van der Waals surface area contributed by atoms with Crippen LogP contribution in [-0.4, -0.2) is 4.57 Å². The van der Waals surface area contributed by atoms with Crippen LogP contribution >= 0.6 is 0 Å². The van der Waals surface area contributed by atoms with Crippen molar-refractivity contribution < 1.29 is 8.81 Å². The molecule has 4 heteroatoms. The normalized spacial score (nSPS) is 10.7. The molecule has 0 saturated carbocycles. The molecule has 20 heavy (non-hydrogen) atoms. The summed E-state index contributed by atoms with van der Waals surface area (Å²) >= 11 is 0. The molecule has 0 saturated heterocycles. The van der Waals surface area contributed by atoms with Crippen LogP contribution in [0, 0.1) is 5.82 Å². The van der Waals surface area contributed by atoms with Crippen LogP contribution in [0.1, 0.15) is 5.56 Å². The Bertz CT molecular complexity index is 774. The highest BCUT2D eigenvalue weighted by Gasteiger charge is 2.09. The molecular weight excluding hydrogens is 257 g/mol. The molecule has 3 aromatic rings. The second kappa shape index (κ2) is 5.17. The van der Waals surface area contributed by atoms with Crippen LogP contribution in [0.25, 0.3) is 11.3 Å². The standard InChI is InChI=1S/C16H12FNO2/c17-14-9-5-4-8-13(14)10-18-11-15(20-16(18)19)12-6-2-1-3-7-12/h1-9,11H,10H2. The summed E-state index contributed by atoms with van der Waals surface area (Å²) in [4.78, 5) is 11.8. The van der Waals surface area contributed by atoms with E-state index in [0.29, 0.717) is 11.3 Å². The van der Waals surface area contributed by atoms with E-state index < -0.39 is 5.76 Å². The highest BCUT2D eigenvalue weighted by molar-refractivity contribution is 5.55. The average molecular weight is 269 g/mol. The van der Waals surface area contributed by atoms with Crippen LogP contribution in [0.2, 0.25) is 0 Å². The van der Waals surface area contributed by atoms with Crippen molar-refractivity contribution in [3.63, 3.8) is 0 Å². The summed E-state index contributed by atoms with van der Waals surface area (Å²) in [6, 6.07) is 15.7. The van der Waals surface area contributed by atoms with Gasteiger partial charge in [0.25, 0.3) is 0 Å². The lowest BCUT2D eigenvalue weighted by atomic mass is 10.2. The zero-order chi connectivity index (χ0) is 13.9. The van der Waals surface area contributed by atoms with E-state index in [1.165, 1.54) is 10.6 Å². The number of aromatic nitrogens is 1. The first kappa shape index (κ1) is 12.4. The summed E-state index contributed by atoms with van der Waals surface area (Å²) < 4.78 is 20.2. The number of hydrogen-bond acceptors (Lipinski definition) is 2. The molecule has 0 aliphatic carbocycles. The summed E-state index contributed by atoms with van der Waals surface area (Å²) in [5.74, 6) is -0.346. The number of nitrogens with zero attached hydrogens (tertiary/aromatic N) is 1. The number of hydrogen-bond donors (Lipinski definition) is 0. The summed E-state index contributed by atoms with van der Waals surface area (Å²) in [5.41, 5.74) is 1.27. The molecule has 1 heterocycles. The SMILES string of the molecule is O=c1oc(-c2ccccc2)cn1Cc1ccccc1F. The summed E-state index contributed by atoms with van der Waals surface area (Å²) in [6.07, 6.45) is 1.60. The van der Waals surface area contributed by atoms with E-state index in [1.807, 2.05) is 30.3 Å². The van der Waals surface area contributed by atoms with Crippen molar-refractivity contribution in [3.8, 4) is 11.3 Å². The van der Waals surface area contributed by atoms with Crippen molar-refractivity contribution in [1.29, 1.82) is 0 Å². The highest BCUT2D eigenvalue weighted by atomic mass is 19.1. The first-order chi connectivity index (χ1) is 9.74. The fourth-order valence-corrected chi connectivity index (χ4v) is 2.03. The number of rotatable bonds is 3. The molecule has 0 bridgehead atoms. The van der Waals surface area contributed by atoms with E-state index in [2.05, 4.69) is 0 Å². The van der Waals surface area contributed by atoms with Crippen molar-refractivity contribution in [3.05, 3.63) is 82.7 Å². The molecule has 0 radical (unpaired) electrons. The number of halogens is 1. The molecule has 0 fully saturated rings. The fourth-order valence-electron chi connectivity index (χ4n) is 2.03. The predicted octanol–water partition coefficient (Wildman–Crippen LogP) is 3.30. The molecule has 100 valence electrons. The summed E-state index contributed by atoms with van der Waals surface area (Å²) in [5, 5.41) is 0. The van der Waals surface area contributed by atoms with Gasteiger partial charge in [0.2, 0.25) is 0 Å². The van der Waals surface area contributed by atoms with Gasteiger partial charge in [0.1, 0.15) is 5.82 Å². The topological polar surface area (TPSA) is 35.1 Å². The van der Waals surface area contributed by atoms with Crippen molar-refractivity contribution in [2.24, 2.45) is 0 Å². The van der Waals surface area contributed by atoms with Gasteiger partial charge in [0.05, 0.1) is 12.7 Å². The van der Waals surface area contributed by atoms with Gasteiger partial charge in [0, 0.05) is 11.1 Å². The Kier molecular flexibility index (Phi) is 3.21. The van der Waals surface area contributed by atoms with Crippen molar-refractivity contribution in [2.75, 3.05) is 0 Å². The molecule has 0 atom stereocenters. The lowest BCUT2D eigenvalue weighted by Gasteiger charge is -2.01. The van der Waals surface area contributed by atoms with E-state index in [-0.39, 0.29) is 12.4 Å². The van der Waals surface area contributed by atoms with Gasteiger partial charge in [-0.3, -0.25) is 4.57 Å². The maximum atomic E-state index is 13.6. The molecule has 0 unspecified atom stereocenters. The number of benzene rings is 2. The van der Waals surface area contributed by atoms with Crippen LogP contribution in [0.15, 0.2) is 70.0 Å². The van der Waals surface area contributed by atoms with Crippen LogP contribution in [0.4, 0.5) is 4.39 Å². The third kappa shape index (κ3) is 2.40. The zero-order valence-corrected chi connectivity index (χ0v) is 10.6. The Morgan fingerprint density at radius 3 is 2.45 bits per heavy atom. The maximum Gasteiger partial charge on any atom is 0.419 e. The predicted molar refractivity (Wildman–Crippen MR) is 73.9 cm³/mol. The Balaban J connectivity index is 1.95. The van der Waals surface area contributed by atoms with E-state index in [4.69, 9.17) is 4.42 Å². The molecule has 0 aliphatic heterocycles. The van der Waals surface area contributed by atoms with Crippen molar-refractivity contribution in [1.82, 2.24) is 4.57 Å². The van der Waals surface area contributed by atoms with E-state index in [1.54, 1.807) is 24.4 Å². The first-order valence-corrected chi connectivity index (χ1v) is 6.23. The van der Waals surface area contributed by atoms with Crippen LogP contribution < -0.4 is 5.76 Å². The van der Waals surface area contributed by atoms with Crippen molar-refractivity contribution >= 4 is 0 Å². The monoisotopic (exact) mass is 269 g/mol. The van der Waals surface area contributed by atoms with Crippen molar-refractivity contribution in [2.45, 2.75) is 6.54 Å². The third-order valence-electron chi connectivity index (χ3n) is 3.06. The molecule has 0 aliphatic rings. The lowest BCUT2D eigenvalue weighted by molar-refractivity contribution is 0.493. The van der Waals surface area contributed by atoms with Crippen LogP contribution in [-0.2, 0) is 6.54 Å². The Hall–Kier alpha value is -2.62. The van der Waals surface area contributed by atoms with E-state index in [9.17, 15) is 9.18 Å². The highest BCUT2D eigenvalue weighted by Crippen LogP contribution is 2.17. The van der Waals surface area contributed by atoms with Gasteiger partial charge < -0.3 is 4.42 Å². The second-order valence-electron chi connectivity index (χ2n) is 4.45. The van der Waals surface area contributed by atoms with Gasteiger partial charge in [-0.2, -0.15) is 0 Å². The number of oxazole rings is 1. The average Bonchev–Trinajstić information content (AvgIpc) is 2.84. The smallest absolute Gasteiger partial charge is 0.408 e. The zero-order valence-electron chi connectivity index (χ0n) is 10.6. The molecule has 0 N–H and O–H groups in total. The maximum absolute atomic E-state index is 13.6. The molecule has 2 aromatic carbocycles. The summed E-state index contributed by atoms with van der Waals surface area (Å²) in [6.45, 7) is 0.155. The van der Waals surface area contributed by atoms with Gasteiger partial charge in [-0.1, -0.05) is 48.5 Å².